The summed E-state index contributed by atoms with van der Waals surface area (Å²) in [5.41, 5.74) is 0.403. The van der Waals surface area contributed by atoms with Gasteiger partial charge in [0, 0.05) is 12.1 Å². The minimum absolute atomic E-state index is 0.169. The highest BCUT2D eigenvalue weighted by Gasteiger charge is 2.19. The van der Waals surface area contributed by atoms with Gasteiger partial charge >= 0.3 is 0 Å². The molecule has 1 atom stereocenters. The number of non-ortho nitro benzene ring substituents is 1. The van der Waals surface area contributed by atoms with Crippen molar-refractivity contribution in [1.29, 1.82) is 5.26 Å². The molecule has 0 aromatic heterocycles. The van der Waals surface area contributed by atoms with Gasteiger partial charge in [-0.05, 0) is 31.2 Å². The summed E-state index contributed by atoms with van der Waals surface area (Å²) in [7, 11) is 1.39. The molecule has 8 nitrogen and oxygen atoms in total. The van der Waals surface area contributed by atoms with E-state index in [1.807, 2.05) is 6.07 Å². The number of hydrogen-bond donors (Lipinski definition) is 1. The quantitative estimate of drug-likeness (QED) is 0.638. The maximum atomic E-state index is 12.3. The van der Waals surface area contributed by atoms with Crippen LogP contribution in [0, 0.1) is 21.4 Å². The van der Waals surface area contributed by atoms with E-state index in [1.54, 1.807) is 18.2 Å². The predicted molar refractivity (Wildman–Crippen MR) is 89.5 cm³/mol. The molecule has 2 aromatic carbocycles. The molecule has 0 heterocycles. The van der Waals surface area contributed by atoms with Gasteiger partial charge in [-0.1, -0.05) is 6.07 Å². The van der Waals surface area contributed by atoms with Crippen LogP contribution < -0.4 is 14.8 Å². The summed E-state index contributed by atoms with van der Waals surface area (Å²) in [6.07, 6.45) is -0.891. The summed E-state index contributed by atoms with van der Waals surface area (Å²) < 4.78 is 10.6. The molecular weight excluding hydrogens is 326 g/mol. The molecule has 25 heavy (non-hydrogen) atoms. The number of amides is 1. The fraction of sp³-hybridized carbons (Fsp3) is 0.176. The fourth-order valence-electron chi connectivity index (χ4n) is 2.04. The Bertz CT molecular complexity index is 844. The SMILES string of the molecule is COc1ccc([N+](=O)[O-])cc1NC(=O)[C@H](C)Oc1cccc(C#N)c1. The third-order valence-electron chi connectivity index (χ3n) is 3.30. The van der Waals surface area contributed by atoms with Gasteiger partial charge in [-0.15, -0.1) is 0 Å². The number of ether oxygens (including phenoxy) is 2. The summed E-state index contributed by atoms with van der Waals surface area (Å²) >= 11 is 0. The van der Waals surface area contributed by atoms with Crippen molar-refractivity contribution < 1.29 is 19.2 Å². The van der Waals surface area contributed by atoms with Gasteiger partial charge in [-0.2, -0.15) is 5.26 Å². The van der Waals surface area contributed by atoms with Crippen LogP contribution in [-0.4, -0.2) is 24.0 Å². The summed E-state index contributed by atoms with van der Waals surface area (Å²) in [6.45, 7) is 1.53. The van der Waals surface area contributed by atoms with Gasteiger partial charge in [0.25, 0.3) is 11.6 Å². The maximum Gasteiger partial charge on any atom is 0.271 e. The third kappa shape index (κ3) is 4.45. The molecule has 8 heteroatoms. The average molecular weight is 341 g/mol. The Morgan fingerprint density at radius 2 is 2.08 bits per heavy atom. The lowest BCUT2D eigenvalue weighted by Crippen LogP contribution is -2.30. The molecule has 0 aliphatic heterocycles. The predicted octanol–water partition coefficient (Wildman–Crippen LogP) is 2.88. The monoisotopic (exact) mass is 341 g/mol. The van der Waals surface area contributed by atoms with Crippen molar-refractivity contribution in [2.24, 2.45) is 0 Å². The van der Waals surface area contributed by atoms with Crippen LogP contribution in [0.5, 0.6) is 11.5 Å². The molecule has 0 aliphatic rings. The summed E-state index contributed by atoms with van der Waals surface area (Å²) in [6, 6.07) is 12.3. The number of nitro groups is 1. The largest absolute Gasteiger partial charge is 0.495 e. The van der Waals surface area contributed by atoms with Gasteiger partial charge in [0.05, 0.1) is 29.4 Å². The molecule has 0 bridgehead atoms. The summed E-state index contributed by atoms with van der Waals surface area (Å²) in [5.74, 6) is 0.145. The normalized spacial score (nSPS) is 11.1. The number of nitro benzene ring substituents is 1. The van der Waals surface area contributed by atoms with E-state index in [4.69, 9.17) is 14.7 Å². The number of nitrogens with one attached hydrogen (secondary N) is 1. The number of benzene rings is 2. The molecule has 0 fully saturated rings. The van der Waals surface area contributed by atoms with Gasteiger partial charge in [0.15, 0.2) is 6.10 Å². The molecule has 0 saturated carbocycles. The Kier molecular flexibility index (Phi) is 5.53. The topological polar surface area (TPSA) is 114 Å². The molecule has 1 N–H and O–H groups in total. The number of anilines is 1. The van der Waals surface area contributed by atoms with E-state index in [9.17, 15) is 14.9 Å². The Labute approximate surface area is 143 Å². The van der Waals surface area contributed by atoms with Crippen molar-refractivity contribution in [3.63, 3.8) is 0 Å². The first kappa shape index (κ1) is 17.7. The lowest BCUT2D eigenvalue weighted by atomic mass is 10.2. The van der Waals surface area contributed by atoms with Gasteiger partial charge in [-0.25, -0.2) is 0 Å². The number of carbonyl (C=O) groups is 1. The second-order valence-electron chi connectivity index (χ2n) is 5.03. The molecule has 0 saturated heterocycles. The lowest BCUT2D eigenvalue weighted by molar-refractivity contribution is -0.384. The minimum Gasteiger partial charge on any atom is -0.495 e. The Morgan fingerprint density at radius 3 is 2.72 bits per heavy atom. The Balaban J connectivity index is 2.14. The zero-order chi connectivity index (χ0) is 18.4. The van der Waals surface area contributed by atoms with Gasteiger partial charge in [0.2, 0.25) is 0 Å². The van der Waals surface area contributed by atoms with Gasteiger partial charge in [-0.3, -0.25) is 14.9 Å². The van der Waals surface area contributed by atoms with E-state index in [-0.39, 0.29) is 17.1 Å². The Hall–Kier alpha value is -3.60. The van der Waals surface area contributed by atoms with Crippen LogP contribution in [0.3, 0.4) is 0 Å². The molecule has 2 aromatic rings. The molecule has 1 amide bonds. The van der Waals surface area contributed by atoms with Gasteiger partial charge < -0.3 is 14.8 Å². The number of carbonyl (C=O) groups excluding carboxylic acids is 1. The van der Waals surface area contributed by atoms with Crippen LogP contribution in [0.4, 0.5) is 11.4 Å². The van der Waals surface area contributed by atoms with E-state index in [0.717, 1.165) is 0 Å². The van der Waals surface area contributed by atoms with Crippen LogP contribution in [0.15, 0.2) is 42.5 Å². The zero-order valence-corrected chi connectivity index (χ0v) is 13.6. The van der Waals surface area contributed by atoms with Crippen molar-refractivity contribution in [2.45, 2.75) is 13.0 Å². The first-order valence-electron chi connectivity index (χ1n) is 7.24. The van der Waals surface area contributed by atoms with Crippen molar-refractivity contribution in [3.8, 4) is 17.6 Å². The second kappa shape index (κ2) is 7.79. The fourth-order valence-corrected chi connectivity index (χ4v) is 2.04. The first-order chi connectivity index (χ1) is 11.9. The molecular formula is C17H15N3O5. The number of nitrogens with zero attached hydrogens (tertiary/aromatic N) is 2. The van der Waals surface area contributed by atoms with Gasteiger partial charge in [0.1, 0.15) is 11.5 Å². The van der Waals surface area contributed by atoms with E-state index in [2.05, 4.69) is 5.32 Å². The smallest absolute Gasteiger partial charge is 0.271 e. The van der Waals surface area contributed by atoms with E-state index >= 15 is 0 Å². The van der Waals surface area contributed by atoms with Crippen molar-refractivity contribution in [1.82, 2.24) is 0 Å². The summed E-state index contributed by atoms with van der Waals surface area (Å²) in [5, 5.41) is 22.3. The number of nitriles is 1. The van der Waals surface area contributed by atoms with Crippen molar-refractivity contribution in [3.05, 3.63) is 58.1 Å². The van der Waals surface area contributed by atoms with Crippen LogP contribution in [-0.2, 0) is 4.79 Å². The Morgan fingerprint density at radius 1 is 1.32 bits per heavy atom. The first-order valence-corrected chi connectivity index (χ1v) is 7.24. The second-order valence-corrected chi connectivity index (χ2v) is 5.03. The molecule has 0 spiro atoms. The number of methoxy groups -OCH3 is 1. The maximum absolute atomic E-state index is 12.3. The molecule has 0 aliphatic carbocycles. The highest BCUT2D eigenvalue weighted by molar-refractivity contribution is 5.95. The lowest BCUT2D eigenvalue weighted by Gasteiger charge is -2.16. The van der Waals surface area contributed by atoms with Crippen LogP contribution in [0.25, 0.3) is 0 Å². The minimum atomic E-state index is -0.891. The average Bonchev–Trinajstić information content (AvgIpc) is 2.61. The van der Waals surface area contributed by atoms with Crippen LogP contribution in [0.1, 0.15) is 12.5 Å². The van der Waals surface area contributed by atoms with E-state index in [1.165, 1.54) is 38.3 Å². The third-order valence-corrected chi connectivity index (χ3v) is 3.30. The van der Waals surface area contributed by atoms with Crippen molar-refractivity contribution >= 4 is 17.3 Å². The summed E-state index contributed by atoms with van der Waals surface area (Å²) in [4.78, 5) is 22.6. The molecule has 0 unspecified atom stereocenters. The van der Waals surface area contributed by atoms with Crippen LogP contribution >= 0.6 is 0 Å². The zero-order valence-electron chi connectivity index (χ0n) is 13.6. The molecule has 0 radical (unpaired) electrons. The van der Waals surface area contributed by atoms with E-state index in [0.29, 0.717) is 11.3 Å². The highest BCUT2D eigenvalue weighted by Crippen LogP contribution is 2.29. The molecule has 2 rings (SSSR count). The van der Waals surface area contributed by atoms with Crippen LogP contribution in [0.2, 0.25) is 0 Å². The standard InChI is InChI=1S/C17H15N3O5/c1-11(25-14-5-3-4-12(8-14)10-18)17(21)19-15-9-13(20(22)23)6-7-16(15)24-2/h3-9,11H,1-2H3,(H,19,21)/t11-/m0/s1. The molecule has 128 valence electrons. The van der Waals surface area contributed by atoms with E-state index < -0.39 is 16.9 Å². The number of hydrogen-bond acceptors (Lipinski definition) is 6. The highest BCUT2D eigenvalue weighted by atomic mass is 16.6. The number of rotatable bonds is 6. The van der Waals surface area contributed by atoms with Crippen molar-refractivity contribution in [2.75, 3.05) is 12.4 Å².